The summed E-state index contributed by atoms with van der Waals surface area (Å²) < 4.78 is 5.70. The molecule has 0 bridgehead atoms. The van der Waals surface area contributed by atoms with Crippen molar-refractivity contribution in [2.75, 3.05) is 13.2 Å². The SMILES string of the molecule is CCCCN1C(=O)/C(=C\c2ccccc2OCC)SC1=Nc1ccc(C)cc1. The lowest BCUT2D eigenvalue weighted by molar-refractivity contribution is -0.122. The molecule has 0 atom stereocenters. The van der Waals surface area contributed by atoms with Crippen LogP contribution < -0.4 is 4.74 Å². The van der Waals surface area contributed by atoms with Crippen LogP contribution in [-0.4, -0.2) is 29.1 Å². The lowest BCUT2D eigenvalue weighted by Crippen LogP contribution is -2.30. The smallest absolute Gasteiger partial charge is 0.266 e. The molecule has 2 aromatic rings. The molecule has 146 valence electrons. The van der Waals surface area contributed by atoms with Gasteiger partial charge in [-0.25, -0.2) is 4.99 Å². The number of carbonyl (C=O) groups excluding carboxylic acids is 1. The van der Waals surface area contributed by atoms with Crippen molar-refractivity contribution in [2.45, 2.75) is 33.6 Å². The van der Waals surface area contributed by atoms with Crippen LogP contribution >= 0.6 is 11.8 Å². The van der Waals surface area contributed by atoms with Gasteiger partial charge in [-0.1, -0.05) is 49.2 Å². The second-order valence-corrected chi connectivity index (χ2v) is 7.63. The maximum absolute atomic E-state index is 13.1. The maximum atomic E-state index is 13.1. The Bertz CT molecular complexity index is 888. The fraction of sp³-hybridized carbons (Fsp3) is 0.304. The molecule has 1 heterocycles. The van der Waals surface area contributed by atoms with E-state index in [4.69, 9.17) is 9.73 Å². The summed E-state index contributed by atoms with van der Waals surface area (Å²) in [5.74, 6) is 0.797. The number of unbranched alkanes of at least 4 members (excludes halogenated alkanes) is 1. The molecular weight excluding hydrogens is 368 g/mol. The average Bonchev–Trinajstić information content (AvgIpc) is 2.98. The minimum absolute atomic E-state index is 0.00983. The number of para-hydroxylation sites is 1. The highest BCUT2D eigenvalue weighted by atomic mass is 32.2. The van der Waals surface area contributed by atoms with Crippen LogP contribution in [0.3, 0.4) is 0 Å². The Labute approximate surface area is 171 Å². The van der Waals surface area contributed by atoms with Gasteiger partial charge in [-0.15, -0.1) is 0 Å². The first-order valence-electron chi connectivity index (χ1n) is 9.71. The number of amides is 1. The molecule has 0 spiro atoms. The van der Waals surface area contributed by atoms with Crippen LogP contribution in [0.5, 0.6) is 5.75 Å². The number of hydrogen-bond donors (Lipinski definition) is 0. The Hall–Kier alpha value is -2.53. The quantitative estimate of drug-likeness (QED) is 0.558. The van der Waals surface area contributed by atoms with Crippen molar-refractivity contribution in [3.63, 3.8) is 0 Å². The highest BCUT2D eigenvalue weighted by molar-refractivity contribution is 8.18. The molecule has 0 N–H and O–H groups in total. The van der Waals surface area contributed by atoms with Gasteiger partial charge in [0.25, 0.3) is 5.91 Å². The molecule has 0 unspecified atom stereocenters. The zero-order chi connectivity index (χ0) is 19.9. The Morgan fingerprint density at radius 2 is 1.86 bits per heavy atom. The number of nitrogens with zero attached hydrogens (tertiary/aromatic N) is 2. The van der Waals surface area contributed by atoms with E-state index in [2.05, 4.69) is 13.8 Å². The summed E-state index contributed by atoms with van der Waals surface area (Å²) in [6.45, 7) is 7.40. The van der Waals surface area contributed by atoms with Gasteiger partial charge in [0, 0.05) is 12.1 Å². The Kier molecular flexibility index (Phi) is 6.93. The lowest BCUT2D eigenvalue weighted by atomic mass is 10.2. The molecule has 2 aromatic carbocycles. The van der Waals surface area contributed by atoms with E-state index >= 15 is 0 Å². The molecule has 4 nitrogen and oxygen atoms in total. The van der Waals surface area contributed by atoms with E-state index in [1.54, 1.807) is 4.90 Å². The Balaban J connectivity index is 1.94. The van der Waals surface area contributed by atoms with Crippen molar-refractivity contribution < 1.29 is 9.53 Å². The van der Waals surface area contributed by atoms with Gasteiger partial charge in [0.15, 0.2) is 5.17 Å². The summed E-state index contributed by atoms with van der Waals surface area (Å²) in [5.41, 5.74) is 2.96. The summed E-state index contributed by atoms with van der Waals surface area (Å²) in [6, 6.07) is 15.8. The first-order valence-corrected chi connectivity index (χ1v) is 10.5. The zero-order valence-corrected chi connectivity index (χ0v) is 17.5. The number of carbonyl (C=O) groups is 1. The number of thioether (sulfide) groups is 1. The van der Waals surface area contributed by atoms with E-state index in [0.29, 0.717) is 18.1 Å². The van der Waals surface area contributed by atoms with E-state index < -0.39 is 0 Å². The van der Waals surface area contributed by atoms with Crippen LogP contribution in [0, 0.1) is 6.92 Å². The van der Waals surface area contributed by atoms with Crippen molar-refractivity contribution in [1.82, 2.24) is 4.90 Å². The fourth-order valence-corrected chi connectivity index (χ4v) is 3.88. The number of aliphatic imine (C=N–C) groups is 1. The number of benzene rings is 2. The molecular formula is C23H26N2O2S. The van der Waals surface area contributed by atoms with E-state index in [0.717, 1.165) is 35.0 Å². The number of hydrogen-bond acceptors (Lipinski definition) is 4. The number of ether oxygens (including phenoxy) is 1. The van der Waals surface area contributed by atoms with Crippen LogP contribution in [0.25, 0.3) is 6.08 Å². The first-order chi connectivity index (χ1) is 13.6. The Morgan fingerprint density at radius 3 is 2.57 bits per heavy atom. The minimum Gasteiger partial charge on any atom is -0.493 e. The lowest BCUT2D eigenvalue weighted by Gasteiger charge is -2.14. The number of aryl methyl sites for hydroxylation is 1. The summed E-state index contributed by atoms with van der Waals surface area (Å²) in [5, 5.41) is 0.738. The van der Waals surface area contributed by atoms with Crippen LogP contribution in [0.15, 0.2) is 58.4 Å². The van der Waals surface area contributed by atoms with Crippen molar-refractivity contribution in [3.8, 4) is 5.75 Å². The fourth-order valence-electron chi connectivity index (χ4n) is 2.86. The van der Waals surface area contributed by atoms with Gasteiger partial charge in [0.2, 0.25) is 0 Å². The van der Waals surface area contributed by atoms with Crippen molar-refractivity contribution in [1.29, 1.82) is 0 Å². The van der Waals surface area contributed by atoms with Crippen molar-refractivity contribution >= 4 is 34.6 Å². The predicted octanol–water partition coefficient (Wildman–Crippen LogP) is 5.80. The third-order valence-corrected chi connectivity index (χ3v) is 5.39. The molecule has 0 aliphatic carbocycles. The molecule has 1 aliphatic rings. The van der Waals surface area contributed by atoms with Gasteiger partial charge >= 0.3 is 0 Å². The van der Waals surface area contributed by atoms with E-state index in [9.17, 15) is 4.79 Å². The highest BCUT2D eigenvalue weighted by Gasteiger charge is 2.33. The molecule has 3 rings (SSSR count). The largest absolute Gasteiger partial charge is 0.493 e. The van der Waals surface area contributed by atoms with E-state index in [1.807, 2.05) is 61.5 Å². The normalized spacial score (nSPS) is 17.0. The second-order valence-electron chi connectivity index (χ2n) is 6.62. The molecule has 1 amide bonds. The van der Waals surface area contributed by atoms with Crippen molar-refractivity contribution in [3.05, 3.63) is 64.6 Å². The van der Waals surface area contributed by atoms with E-state index in [1.165, 1.54) is 17.3 Å². The number of amidine groups is 1. The van der Waals surface area contributed by atoms with Gasteiger partial charge in [-0.3, -0.25) is 9.69 Å². The van der Waals surface area contributed by atoms with Gasteiger partial charge in [-0.2, -0.15) is 0 Å². The standard InChI is InChI=1S/C23H26N2O2S/c1-4-6-15-25-22(26)21(16-18-9-7-8-10-20(18)27-5-2)28-23(25)24-19-13-11-17(3)12-14-19/h7-14,16H,4-6,15H2,1-3H3/b21-16+,24-23?. The first kappa shape index (κ1) is 20.2. The third-order valence-electron chi connectivity index (χ3n) is 4.39. The van der Waals surface area contributed by atoms with Crippen LogP contribution in [0.4, 0.5) is 5.69 Å². The number of rotatable bonds is 7. The molecule has 0 radical (unpaired) electrons. The molecule has 0 aromatic heterocycles. The predicted molar refractivity (Wildman–Crippen MR) is 118 cm³/mol. The average molecular weight is 395 g/mol. The van der Waals surface area contributed by atoms with Gasteiger partial charge < -0.3 is 4.74 Å². The van der Waals surface area contributed by atoms with Crippen LogP contribution in [0.2, 0.25) is 0 Å². The van der Waals surface area contributed by atoms with Crippen LogP contribution in [0.1, 0.15) is 37.8 Å². The molecule has 0 saturated carbocycles. The topological polar surface area (TPSA) is 41.9 Å². The summed E-state index contributed by atoms with van der Waals surface area (Å²) in [7, 11) is 0. The summed E-state index contributed by atoms with van der Waals surface area (Å²) in [4.78, 5) is 20.3. The van der Waals surface area contributed by atoms with Crippen LogP contribution in [-0.2, 0) is 4.79 Å². The van der Waals surface area contributed by atoms with Gasteiger partial charge in [0.1, 0.15) is 5.75 Å². The minimum atomic E-state index is 0.00983. The molecule has 1 fully saturated rings. The molecule has 1 aliphatic heterocycles. The van der Waals surface area contributed by atoms with Gasteiger partial charge in [-0.05, 0) is 56.3 Å². The van der Waals surface area contributed by atoms with E-state index in [-0.39, 0.29) is 5.91 Å². The molecule has 1 saturated heterocycles. The molecule has 28 heavy (non-hydrogen) atoms. The Morgan fingerprint density at radius 1 is 1.11 bits per heavy atom. The summed E-state index contributed by atoms with van der Waals surface area (Å²) >= 11 is 1.43. The summed E-state index contributed by atoms with van der Waals surface area (Å²) in [6.07, 6.45) is 3.88. The maximum Gasteiger partial charge on any atom is 0.266 e. The van der Waals surface area contributed by atoms with Gasteiger partial charge in [0.05, 0.1) is 17.2 Å². The monoisotopic (exact) mass is 394 g/mol. The highest BCUT2D eigenvalue weighted by Crippen LogP contribution is 2.35. The molecule has 5 heteroatoms. The zero-order valence-electron chi connectivity index (χ0n) is 16.6. The third kappa shape index (κ3) is 4.84. The van der Waals surface area contributed by atoms with Crippen molar-refractivity contribution in [2.24, 2.45) is 4.99 Å². The second kappa shape index (κ2) is 9.60.